The van der Waals surface area contributed by atoms with Gasteiger partial charge in [0.15, 0.2) is 0 Å². The van der Waals surface area contributed by atoms with Crippen molar-refractivity contribution in [1.29, 1.82) is 0 Å². The summed E-state index contributed by atoms with van der Waals surface area (Å²) in [6.45, 7) is 0.443. The summed E-state index contributed by atoms with van der Waals surface area (Å²) >= 11 is 0. The number of hydrogen-bond acceptors (Lipinski definition) is 5. The molecule has 1 atom stereocenters. The van der Waals surface area contributed by atoms with E-state index in [0.717, 1.165) is 22.3 Å². The maximum atomic E-state index is 12.1. The van der Waals surface area contributed by atoms with Gasteiger partial charge in [-0.25, -0.2) is 9.59 Å². The van der Waals surface area contributed by atoms with Crippen LogP contribution in [0, 0.1) is 0 Å². The lowest BCUT2D eigenvalue weighted by Crippen LogP contribution is -2.42. The molecule has 8 nitrogen and oxygen atoms in total. The molecule has 0 aliphatic heterocycles. The van der Waals surface area contributed by atoms with Crippen molar-refractivity contribution in [2.45, 2.75) is 24.8 Å². The third-order valence-corrected chi connectivity index (χ3v) is 5.21. The Morgan fingerprint density at radius 3 is 2.23 bits per heavy atom. The van der Waals surface area contributed by atoms with E-state index < -0.39 is 24.0 Å². The topological polar surface area (TPSA) is 114 Å². The number of carboxylic acids is 1. The van der Waals surface area contributed by atoms with Crippen LogP contribution in [-0.2, 0) is 19.1 Å². The molecule has 0 aromatic heterocycles. The van der Waals surface area contributed by atoms with E-state index >= 15 is 0 Å². The Hall–Kier alpha value is -3.39. The average Bonchev–Trinajstić information content (AvgIpc) is 3.09. The van der Waals surface area contributed by atoms with Gasteiger partial charge in [-0.2, -0.15) is 0 Å². The van der Waals surface area contributed by atoms with Crippen LogP contribution in [-0.4, -0.2) is 56.0 Å². The van der Waals surface area contributed by atoms with E-state index in [-0.39, 0.29) is 38.5 Å². The Labute approximate surface area is 180 Å². The number of amides is 2. The van der Waals surface area contributed by atoms with E-state index in [1.807, 2.05) is 36.4 Å². The number of rotatable bonds is 10. The molecule has 164 valence electrons. The first kappa shape index (κ1) is 22.3. The molecule has 1 aliphatic carbocycles. The Morgan fingerprint density at radius 2 is 1.65 bits per heavy atom. The lowest BCUT2D eigenvalue weighted by atomic mass is 9.98. The second-order valence-corrected chi connectivity index (χ2v) is 7.24. The molecule has 1 aliphatic rings. The van der Waals surface area contributed by atoms with Crippen molar-refractivity contribution in [2.75, 3.05) is 26.9 Å². The molecule has 1 unspecified atom stereocenters. The van der Waals surface area contributed by atoms with Crippen LogP contribution in [0.5, 0.6) is 0 Å². The molecule has 0 saturated heterocycles. The number of carbonyl (C=O) groups excluding carboxylic acids is 2. The zero-order chi connectivity index (χ0) is 22.2. The standard InChI is InChI=1S/C23H26N2O6/c1-30-13-11-20(22(27)28)25-21(26)10-12-24-23(29)31-14-19-17-8-4-2-6-15(17)16-7-3-5-9-18(16)19/h2-9,19-20H,10-14H2,1H3,(H,24,29)(H,25,26)(H,27,28). The predicted octanol–water partition coefficient (Wildman–Crippen LogP) is 2.52. The van der Waals surface area contributed by atoms with Crippen LogP contribution in [0.4, 0.5) is 4.79 Å². The van der Waals surface area contributed by atoms with Crippen molar-refractivity contribution in [3.63, 3.8) is 0 Å². The Balaban J connectivity index is 1.46. The highest BCUT2D eigenvalue weighted by molar-refractivity contribution is 5.84. The fraction of sp³-hybridized carbons (Fsp3) is 0.348. The molecule has 8 heteroatoms. The maximum absolute atomic E-state index is 12.1. The number of nitrogens with one attached hydrogen (secondary N) is 2. The number of ether oxygens (including phenoxy) is 2. The van der Waals surface area contributed by atoms with Gasteiger partial charge in [0.2, 0.25) is 5.91 Å². The highest BCUT2D eigenvalue weighted by Crippen LogP contribution is 2.44. The van der Waals surface area contributed by atoms with Gasteiger partial charge < -0.3 is 25.2 Å². The summed E-state index contributed by atoms with van der Waals surface area (Å²) in [6.07, 6.45) is -0.512. The van der Waals surface area contributed by atoms with E-state index in [4.69, 9.17) is 14.6 Å². The first-order chi connectivity index (χ1) is 15.0. The van der Waals surface area contributed by atoms with Gasteiger partial charge in [0.1, 0.15) is 12.6 Å². The molecular formula is C23H26N2O6. The molecule has 0 saturated carbocycles. The fourth-order valence-corrected chi connectivity index (χ4v) is 3.69. The molecule has 0 heterocycles. The highest BCUT2D eigenvalue weighted by Gasteiger charge is 2.29. The van der Waals surface area contributed by atoms with Crippen molar-refractivity contribution in [3.8, 4) is 11.1 Å². The summed E-state index contributed by atoms with van der Waals surface area (Å²) in [4.78, 5) is 35.2. The largest absolute Gasteiger partial charge is 0.480 e. The van der Waals surface area contributed by atoms with Crippen LogP contribution in [0.1, 0.15) is 29.9 Å². The molecule has 0 spiro atoms. The highest BCUT2D eigenvalue weighted by atomic mass is 16.5. The molecule has 0 bridgehead atoms. The van der Waals surface area contributed by atoms with Gasteiger partial charge in [0.05, 0.1) is 0 Å². The number of benzene rings is 2. The number of hydrogen-bond donors (Lipinski definition) is 3. The predicted molar refractivity (Wildman–Crippen MR) is 114 cm³/mol. The van der Waals surface area contributed by atoms with Crippen LogP contribution in [0.15, 0.2) is 48.5 Å². The smallest absolute Gasteiger partial charge is 0.407 e. The van der Waals surface area contributed by atoms with E-state index in [2.05, 4.69) is 22.8 Å². The number of alkyl carbamates (subject to hydrolysis) is 1. The van der Waals surface area contributed by atoms with Crippen molar-refractivity contribution >= 4 is 18.0 Å². The van der Waals surface area contributed by atoms with Gasteiger partial charge in [-0.05, 0) is 22.3 Å². The monoisotopic (exact) mass is 426 g/mol. The summed E-state index contributed by atoms with van der Waals surface area (Å²) in [7, 11) is 1.46. The number of carboxylic acid groups (broad SMARTS) is 1. The van der Waals surface area contributed by atoms with Gasteiger partial charge in [-0.1, -0.05) is 48.5 Å². The van der Waals surface area contributed by atoms with E-state index in [1.165, 1.54) is 7.11 Å². The minimum atomic E-state index is -1.13. The Bertz CT molecular complexity index is 900. The number of aliphatic carboxylic acids is 1. The summed E-state index contributed by atoms with van der Waals surface area (Å²) in [5.74, 6) is -1.64. The molecule has 0 fully saturated rings. The van der Waals surface area contributed by atoms with Crippen LogP contribution in [0.3, 0.4) is 0 Å². The van der Waals surface area contributed by atoms with Gasteiger partial charge in [0.25, 0.3) is 0 Å². The third kappa shape index (κ3) is 5.61. The molecular weight excluding hydrogens is 400 g/mol. The second kappa shape index (κ2) is 10.6. The first-order valence-electron chi connectivity index (χ1n) is 10.1. The molecule has 3 N–H and O–H groups in total. The van der Waals surface area contributed by atoms with Gasteiger partial charge >= 0.3 is 12.1 Å². The normalized spacial score (nSPS) is 13.1. The number of methoxy groups -OCH3 is 1. The quantitative estimate of drug-likeness (QED) is 0.538. The molecule has 2 aromatic carbocycles. The molecule has 3 rings (SSSR count). The minimum absolute atomic E-state index is 0.0408. The minimum Gasteiger partial charge on any atom is -0.480 e. The van der Waals surface area contributed by atoms with Gasteiger partial charge in [0, 0.05) is 39.0 Å². The van der Waals surface area contributed by atoms with E-state index in [1.54, 1.807) is 0 Å². The SMILES string of the molecule is COCCC(NC(=O)CCNC(=O)OCC1c2ccccc2-c2ccccc21)C(=O)O. The summed E-state index contributed by atoms with van der Waals surface area (Å²) < 4.78 is 10.2. The van der Waals surface area contributed by atoms with Gasteiger partial charge in [-0.15, -0.1) is 0 Å². The molecule has 2 amide bonds. The van der Waals surface area contributed by atoms with Crippen molar-refractivity contribution < 1.29 is 29.0 Å². The van der Waals surface area contributed by atoms with E-state index in [0.29, 0.717) is 0 Å². The summed E-state index contributed by atoms with van der Waals surface area (Å²) in [5, 5.41) is 14.1. The lowest BCUT2D eigenvalue weighted by Gasteiger charge is -2.15. The zero-order valence-corrected chi connectivity index (χ0v) is 17.3. The molecule has 0 radical (unpaired) electrons. The van der Waals surface area contributed by atoms with Crippen LogP contribution >= 0.6 is 0 Å². The number of fused-ring (bicyclic) bond motifs is 3. The lowest BCUT2D eigenvalue weighted by molar-refractivity contribution is -0.142. The van der Waals surface area contributed by atoms with Gasteiger partial charge in [-0.3, -0.25) is 4.79 Å². The summed E-state index contributed by atoms with van der Waals surface area (Å²) in [5.41, 5.74) is 4.52. The summed E-state index contributed by atoms with van der Waals surface area (Å²) in [6, 6.07) is 15.1. The van der Waals surface area contributed by atoms with Crippen LogP contribution < -0.4 is 10.6 Å². The Kier molecular flexibility index (Phi) is 7.61. The fourth-order valence-electron chi connectivity index (χ4n) is 3.69. The average molecular weight is 426 g/mol. The third-order valence-electron chi connectivity index (χ3n) is 5.21. The maximum Gasteiger partial charge on any atom is 0.407 e. The zero-order valence-electron chi connectivity index (χ0n) is 17.3. The molecule has 2 aromatic rings. The molecule has 31 heavy (non-hydrogen) atoms. The van der Waals surface area contributed by atoms with Crippen LogP contribution in [0.2, 0.25) is 0 Å². The van der Waals surface area contributed by atoms with Crippen molar-refractivity contribution in [1.82, 2.24) is 10.6 Å². The van der Waals surface area contributed by atoms with Crippen molar-refractivity contribution in [3.05, 3.63) is 59.7 Å². The Morgan fingerprint density at radius 1 is 1.03 bits per heavy atom. The second-order valence-electron chi connectivity index (χ2n) is 7.24. The van der Waals surface area contributed by atoms with Crippen molar-refractivity contribution in [2.24, 2.45) is 0 Å². The van der Waals surface area contributed by atoms with E-state index in [9.17, 15) is 14.4 Å². The first-order valence-corrected chi connectivity index (χ1v) is 10.1. The van der Waals surface area contributed by atoms with Crippen LogP contribution in [0.25, 0.3) is 11.1 Å². The number of carbonyl (C=O) groups is 3.